The number of hydrogen-bond donors (Lipinski definition) is 0. The number of benzene rings is 1. The lowest BCUT2D eigenvalue weighted by Gasteiger charge is -2.28. The number of halogens is 1. The Bertz CT molecular complexity index is 643. The van der Waals surface area contributed by atoms with E-state index in [1.165, 1.54) is 0 Å². The Kier molecular flexibility index (Phi) is 4.06. The van der Waals surface area contributed by atoms with Crippen LogP contribution in [0.1, 0.15) is 12.1 Å². The molecule has 0 saturated carbocycles. The van der Waals surface area contributed by atoms with Gasteiger partial charge in [-0.1, -0.05) is 11.6 Å². The van der Waals surface area contributed by atoms with Gasteiger partial charge in [0.25, 0.3) is 5.91 Å². The van der Waals surface area contributed by atoms with E-state index in [0.717, 1.165) is 24.2 Å². The summed E-state index contributed by atoms with van der Waals surface area (Å²) < 4.78 is 5.52. The van der Waals surface area contributed by atoms with E-state index >= 15 is 0 Å². The summed E-state index contributed by atoms with van der Waals surface area (Å²) in [5.74, 6) is 0.579. The zero-order valence-corrected chi connectivity index (χ0v) is 12.2. The monoisotopic (exact) mass is 302 g/mol. The Hall–Kier alpha value is -2.07. The largest absolute Gasteiger partial charge is 0.484 e. The highest BCUT2D eigenvalue weighted by Crippen LogP contribution is 2.25. The molecule has 0 saturated heterocycles. The Balaban J connectivity index is 1.68. The maximum atomic E-state index is 12.3. The van der Waals surface area contributed by atoms with Crippen molar-refractivity contribution in [3.05, 3.63) is 53.3 Å². The van der Waals surface area contributed by atoms with E-state index in [1.54, 1.807) is 35.4 Å². The third-order valence-electron chi connectivity index (χ3n) is 3.43. The summed E-state index contributed by atoms with van der Waals surface area (Å²) in [5, 5.41) is 0.643. The maximum Gasteiger partial charge on any atom is 0.264 e. The summed E-state index contributed by atoms with van der Waals surface area (Å²) >= 11 is 5.81. The smallest absolute Gasteiger partial charge is 0.264 e. The van der Waals surface area contributed by atoms with Gasteiger partial charge in [-0.25, -0.2) is 0 Å². The minimum absolute atomic E-state index is 0.00989. The minimum Gasteiger partial charge on any atom is -0.484 e. The molecule has 0 atom stereocenters. The predicted molar refractivity (Wildman–Crippen MR) is 81.9 cm³/mol. The molecule has 0 radical (unpaired) electrons. The molecule has 21 heavy (non-hydrogen) atoms. The Morgan fingerprint density at radius 1 is 1.29 bits per heavy atom. The van der Waals surface area contributed by atoms with Crippen molar-refractivity contribution in [2.24, 2.45) is 0 Å². The topological polar surface area (TPSA) is 42.4 Å². The van der Waals surface area contributed by atoms with Crippen LogP contribution in [0.25, 0.3) is 0 Å². The predicted octanol–water partition coefficient (Wildman–Crippen LogP) is 3.09. The lowest BCUT2D eigenvalue weighted by Crippen LogP contribution is -2.38. The summed E-state index contributed by atoms with van der Waals surface area (Å²) in [7, 11) is 0. The highest BCUT2D eigenvalue weighted by Gasteiger charge is 2.23. The molecule has 0 bridgehead atoms. The fraction of sp³-hybridized carbons (Fsp3) is 0.250. The molecule has 0 spiro atoms. The van der Waals surface area contributed by atoms with Crippen LogP contribution in [0.3, 0.4) is 0 Å². The number of ether oxygens (including phenoxy) is 1. The second-order valence-electron chi connectivity index (χ2n) is 4.86. The molecular weight excluding hydrogens is 288 g/mol. The number of rotatable bonds is 3. The van der Waals surface area contributed by atoms with Crippen LogP contribution in [0.4, 0.5) is 5.69 Å². The average molecular weight is 303 g/mol. The molecule has 2 heterocycles. The van der Waals surface area contributed by atoms with Crippen LogP contribution in [0, 0.1) is 0 Å². The van der Waals surface area contributed by atoms with Gasteiger partial charge >= 0.3 is 0 Å². The molecule has 1 amide bonds. The van der Waals surface area contributed by atoms with Crippen molar-refractivity contribution in [2.45, 2.75) is 12.8 Å². The van der Waals surface area contributed by atoms with Crippen molar-refractivity contribution in [3.63, 3.8) is 0 Å². The molecule has 4 nitrogen and oxygen atoms in total. The van der Waals surface area contributed by atoms with Gasteiger partial charge in [0.1, 0.15) is 5.75 Å². The van der Waals surface area contributed by atoms with Crippen molar-refractivity contribution in [2.75, 3.05) is 18.1 Å². The first-order valence-corrected chi connectivity index (χ1v) is 7.24. The maximum absolute atomic E-state index is 12.3. The summed E-state index contributed by atoms with van der Waals surface area (Å²) in [5.41, 5.74) is 1.87. The van der Waals surface area contributed by atoms with Crippen molar-refractivity contribution in [1.82, 2.24) is 4.98 Å². The van der Waals surface area contributed by atoms with Gasteiger partial charge in [0.15, 0.2) is 6.61 Å². The Labute approximate surface area is 128 Å². The van der Waals surface area contributed by atoms with E-state index in [2.05, 4.69) is 4.98 Å². The number of pyridine rings is 1. The molecule has 1 aromatic carbocycles. The van der Waals surface area contributed by atoms with Crippen molar-refractivity contribution in [1.29, 1.82) is 0 Å². The molecule has 2 aromatic rings. The van der Waals surface area contributed by atoms with Crippen LogP contribution < -0.4 is 9.64 Å². The Morgan fingerprint density at radius 2 is 2.10 bits per heavy atom. The quantitative estimate of drug-likeness (QED) is 0.875. The zero-order valence-electron chi connectivity index (χ0n) is 11.5. The van der Waals surface area contributed by atoms with Crippen LogP contribution in [0.15, 0.2) is 42.6 Å². The van der Waals surface area contributed by atoms with E-state index in [9.17, 15) is 4.79 Å². The number of fused-ring (bicyclic) bond motifs is 1. The van der Waals surface area contributed by atoms with E-state index in [0.29, 0.717) is 17.3 Å². The molecule has 0 N–H and O–H groups in total. The van der Waals surface area contributed by atoms with Crippen LogP contribution >= 0.6 is 11.6 Å². The Morgan fingerprint density at radius 3 is 2.90 bits per heavy atom. The SMILES string of the molecule is O=C(COc1ccc(Cl)cc1)N1CCCc2ncccc21. The number of nitrogens with zero attached hydrogens (tertiary/aromatic N) is 2. The van der Waals surface area contributed by atoms with Crippen molar-refractivity contribution in [3.8, 4) is 5.75 Å². The average Bonchev–Trinajstić information content (AvgIpc) is 2.53. The van der Waals surface area contributed by atoms with Gasteiger partial charge in [0.2, 0.25) is 0 Å². The van der Waals surface area contributed by atoms with Crippen LogP contribution in [0.5, 0.6) is 5.75 Å². The zero-order chi connectivity index (χ0) is 14.7. The molecule has 1 aromatic heterocycles. The van der Waals surface area contributed by atoms with Gasteiger partial charge in [-0.05, 0) is 49.2 Å². The van der Waals surface area contributed by atoms with E-state index in [-0.39, 0.29) is 12.5 Å². The van der Waals surface area contributed by atoms with Gasteiger partial charge in [-0.15, -0.1) is 0 Å². The van der Waals surface area contributed by atoms with E-state index in [1.807, 2.05) is 12.1 Å². The van der Waals surface area contributed by atoms with E-state index < -0.39 is 0 Å². The van der Waals surface area contributed by atoms with Gasteiger partial charge in [0, 0.05) is 17.8 Å². The van der Waals surface area contributed by atoms with Gasteiger partial charge in [-0.3, -0.25) is 9.78 Å². The normalized spacial score (nSPS) is 13.7. The third-order valence-corrected chi connectivity index (χ3v) is 3.68. The van der Waals surface area contributed by atoms with Crippen LogP contribution in [-0.4, -0.2) is 24.0 Å². The molecule has 0 fully saturated rings. The first-order valence-electron chi connectivity index (χ1n) is 6.86. The van der Waals surface area contributed by atoms with Gasteiger partial charge < -0.3 is 9.64 Å². The highest BCUT2D eigenvalue weighted by atomic mass is 35.5. The molecule has 1 aliphatic rings. The van der Waals surface area contributed by atoms with Gasteiger partial charge in [-0.2, -0.15) is 0 Å². The van der Waals surface area contributed by atoms with Gasteiger partial charge in [0.05, 0.1) is 11.4 Å². The molecular formula is C16H15ClN2O2. The molecule has 0 aliphatic carbocycles. The van der Waals surface area contributed by atoms with Crippen LogP contribution in [0.2, 0.25) is 5.02 Å². The third kappa shape index (κ3) is 3.16. The summed E-state index contributed by atoms with van der Waals surface area (Å²) in [4.78, 5) is 18.4. The lowest BCUT2D eigenvalue weighted by molar-refractivity contribution is -0.120. The first-order chi connectivity index (χ1) is 10.2. The molecule has 3 rings (SSSR count). The number of carbonyl (C=O) groups excluding carboxylic acids is 1. The second kappa shape index (κ2) is 6.14. The van der Waals surface area contributed by atoms with Crippen molar-refractivity contribution < 1.29 is 9.53 Å². The molecule has 1 aliphatic heterocycles. The second-order valence-corrected chi connectivity index (χ2v) is 5.30. The molecule has 5 heteroatoms. The highest BCUT2D eigenvalue weighted by molar-refractivity contribution is 6.30. The fourth-order valence-electron chi connectivity index (χ4n) is 2.41. The lowest BCUT2D eigenvalue weighted by atomic mass is 10.1. The fourth-order valence-corrected chi connectivity index (χ4v) is 2.53. The minimum atomic E-state index is -0.0566. The van der Waals surface area contributed by atoms with Crippen molar-refractivity contribution >= 4 is 23.2 Å². The number of anilines is 1. The summed E-state index contributed by atoms with van der Waals surface area (Å²) in [6.45, 7) is 0.720. The number of hydrogen-bond acceptors (Lipinski definition) is 3. The van der Waals surface area contributed by atoms with E-state index in [4.69, 9.17) is 16.3 Å². The number of aryl methyl sites for hydroxylation is 1. The summed E-state index contributed by atoms with van der Waals surface area (Å²) in [6, 6.07) is 10.8. The summed E-state index contributed by atoms with van der Waals surface area (Å²) in [6.07, 6.45) is 3.60. The number of amides is 1. The molecule has 108 valence electrons. The standard InChI is InChI=1S/C16H15ClN2O2/c17-12-5-7-13(8-6-12)21-11-16(20)19-10-2-3-14-15(19)4-1-9-18-14/h1,4-9H,2-3,10-11H2. The first kappa shape index (κ1) is 13.9. The number of aromatic nitrogens is 1. The number of carbonyl (C=O) groups is 1. The molecule has 0 unspecified atom stereocenters. The van der Waals surface area contributed by atoms with Crippen LogP contribution in [-0.2, 0) is 11.2 Å².